The second kappa shape index (κ2) is 5.75. The van der Waals surface area contributed by atoms with Gasteiger partial charge in [-0.1, -0.05) is 41.9 Å². The van der Waals surface area contributed by atoms with Crippen LogP contribution in [-0.4, -0.2) is 6.04 Å². The molecule has 1 aliphatic rings. The number of rotatable bonds is 3. The van der Waals surface area contributed by atoms with Crippen molar-refractivity contribution in [3.8, 4) is 0 Å². The molecule has 1 saturated carbocycles. The molecular formula is C16H24BrN. The normalized spacial score (nSPS) is 30.1. The Bertz CT molecular complexity index is 377. The lowest BCUT2D eigenvalue weighted by molar-refractivity contribution is 0.201. The highest BCUT2D eigenvalue weighted by Gasteiger charge is 2.39. The van der Waals surface area contributed by atoms with E-state index in [1.165, 1.54) is 31.2 Å². The van der Waals surface area contributed by atoms with Crippen molar-refractivity contribution >= 4 is 15.9 Å². The molecule has 0 aromatic heterocycles. The third-order valence-corrected chi connectivity index (χ3v) is 5.26. The topological polar surface area (TPSA) is 26.0 Å². The van der Waals surface area contributed by atoms with E-state index in [4.69, 9.17) is 5.73 Å². The van der Waals surface area contributed by atoms with Crippen LogP contribution in [0.15, 0.2) is 28.7 Å². The van der Waals surface area contributed by atoms with E-state index in [0.717, 1.165) is 16.8 Å². The Hall–Kier alpha value is -0.340. The van der Waals surface area contributed by atoms with Gasteiger partial charge >= 0.3 is 0 Å². The second-order valence-corrected chi connectivity index (χ2v) is 6.78. The molecule has 1 unspecified atom stereocenters. The van der Waals surface area contributed by atoms with E-state index in [9.17, 15) is 0 Å². The van der Waals surface area contributed by atoms with E-state index in [1.807, 2.05) is 0 Å². The zero-order chi connectivity index (χ0) is 13.2. The lowest BCUT2D eigenvalue weighted by Gasteiger charge is -2.44. The first kappa shape index (κ1) is 14.1. The van der Waals surface area contributed by atoms with Crippen LogP contribution in [0.2, 0.25) is 0 Å². The van der Waals surface area contributed by atoms with Crippen LogP contribution in [-0.2, 0) is 5.41 Å². The molecule has 0 amide bonds. The highest BCUT2D eigenvalue weighted by atomic mass is 79.9. The second-order valence-electron chi connectivity index (χ2n) is 5.86. The quantitative estimate of drug-likeness (QED) is 0.865. The molecule has 18 heavy (non-hydrogen) atoms. The van der Waals surface area contributed by atoms with Crippen LogP contribution in [0.3, 0.4) is 0 Å². The molecule has 1 fully saturated rings. The summed E-state index contributed by atoms with van der Waals surface area (Å²) < 4.78 is 1.15. The number of nitrogens with two attached hydrogens (primary N) is 1. The highest BCUT2D eigenvalue weighted by Crippen LogP contribution is 2.44. The maximum Gasteiger partial charge on any atom is 0.0175 e. The Morgan fingerprint density at radius 1 is 1.28 bits per heavy atom. The summed E-state index contributed by atoms with van der Waals surface area (Å²) in [6.07, 6.45) is 6.16. The van der Waals surface area contributed by atoms with E-state index in [-0.39, 0.29) is 11.5 Å². The minimum atomic E-state index is 0.210. The Kier molecular flexibility index (Phi) is 4.50. The van der Waals surface area contributed by atoms with E-state index in [2.05, 4.69) is 54.0 Å². The van der Waals surface area contributed by atoms with Gasteiger partial charge in [-0.05, 0) is 55.7 Å². The zero-order valence-corrected chi connectivity index (χ0v) is 13.0. The van der Waals surface area contributed by atoms with Crippen LogP contribution in [0.4, 0.5) is 0 Å². The maximum atomic E-state index is 6.49. The SMILES string of the molecule is CCC(N)C1(c2ccc(Br)cc2)CCC(C)CC1. The predicted molar refractivity (Wildman–Crippen MR) is 81.7 cm³/mol. The fraction of sp³-hybridized carbons (Fsp3) is 0.625. The van der Waals surface area contributed by atoms with Crippen LogP contribution in [0.5, 0.6) is 0 Å². The largest absolute Gasteiger partial charge is 0.327 e. The number of benzene rings is 1. The van der Waals surface area contributed by atoms with Gasteiger partial charge in [0.25, 0.3) is 0 Å². The molecule has 2 N–H and O–H groups in total. The smallest absolute Gasteiger partial charge is 0.0175 e. The summed E-state index contributed by atoms with van der Waals surface area (Å²) in [6, 6.07) is 9.10. The molecule has 1 aromatic carbocycles. The summed E-state index contributed by atoms with van der Waals surface area (Å²) in [5.74, 6) is 0.859. The van der Waals surface area contributed by atoms with Gasteiger partial charge in [0.2, 0.25) is 0 Å². The Balaban J connectivity index is 2.33. The fourth-order valence-corrected chi connectivity index (χ4v) is 3.59. The molecule has 0 heterocycles. The molecule has 0 bridgehead atoms. The van der Waals surface area contributed by atoms with Gasteiger partial charge in [-0.3, -0.25) is 0 Å². The molecule has 2 rings (SSSR count). The summed E-state index contributed by atoms with van der Waals surface area (Å²) in [6.45, 7) is 4.58. The van der Waals surface area contributed by atoms with E-state index in [0.29, 0.717) is 0 Å². The highest BCUT2D eigenvalue weighted by molar-refractivity contribution is 9.10. The van der Waals surface area contributed by atoms with Crippen LogP contribution < -0.4 is 5.73 Å². The van der Waals surface area contributed by atoms with Gasteiger partial charge in [0.05, 0.1) is 0 Å². The standard InChI is InChI=1S/C16H24BrN/c1-3-15(18)16(10-8-12(2)9-11-16)13-4-6-14(17)7-5-13/h4-7,12,15H,3,8-11,18H2,1-2H3. The molecule has 1 nitrogen and oxygen atoms in total. The van der Waals surface area contributed by atoms with Crippen molar-refractivity contribution in [2.45, 2.75) is 57.4 Å². The van der Waals surface area contributed by atoms with Crippen molar-refractivity contribution in [2.75, 3.05) is 0 Å². The molecule has 2 heteroatoms. The lowest BCUT2D eigenvalue weighted by Crippen LogP contribution is -2.47. The van der Waals surface area contributed by atoms with Crippen LogP contribution >= 0.6 is 15.9 Å². The van der Waals surface area contributed by atoms with Crippen molar-refractivity contribution in [3.63, 3.8) is 0 Å². The van der Waals surface area contributed by atoms with Gasteiger partial charge in [-0.25, -0.2) is 0 Å². The molecule has 1 aliphatic carbocycles. The molecule has 0 spiro atoms. The molecule has 100 valence electrons. The van der Waals surface area contributed by atoms with Crippen LogP contribution in [0.1, 0.15) is 51.5 Å². The van der Waals surface area contributed by atoms with Gasteiger partial charge in [-0.2, -0.15) is 0 Å². The fourth-order valence-electron chi connectivity index (χ4n) is 3.32. The van der Waals surface area contributed by atoms with Gasteiger partial charge in [0.1, 0.15) is 0 Å². The average molecular weight is 310 g/mol. The third-order valence-electron chi connectivity index (χ3n) is 4.74. The Morgan fingerprint density at radius 3 is 2.33 bits per heavy atom. The first-order valence-corrected chi connectivity index (χ1v) is 7.89. The summed E-state index contributed by atoms with van der Waals surface area (Å²) in [7, 11) is 0. The Morgan fingerprint density at radius 2 is 1.83 bits per heavy atom. The first-order chi connectivity index (χ1) is 8.58. The summed E-state index contributed by atoms with van der Waals surface area (Å²) in [5.41, 5.74) is 8.13. The van der Waals surface area contributed by atoms with Crippen LogP contribution in [0.25, 0.3) is 0 Å². The monoisotopic (exact) mass is 309 g/mol. The molecule has 0 radical (unpaired) electrons. The van der Waals surface area contributed by atoms with Gasteiger partial charge in [-0.15, -0.1) is 0 Å². The van der Waals surface area contributed by atoms with Gasteiger partial charge in [0, 0.05) is 15.9 Å². The van der Waals surface area contributed by atoms with E-state index < -0.39 is 0 Å². The zero-order valence-electron chi connectivity index (χ0n) is 11.5. The van der Waals surface area contributed by atoms with Gasteiger partial charge in [0.15, 0.2) is 0 Å². The summed E-state index contributed by atoms with van der Waals surface area (Å²) in [4.78, 5) is 0. The van der Waals surface area contributed by atoms with Crippen molar-refractivity contribution in [2.24, 2.45) is 11.7 Å². The predicted octanol–water partition coefficient (Wildman–Crippen LogP) is 4.63. The number of halogens is 1. The van der Waals surface area contributed by atoms with Crippen molar-refractivity contribution in [1.82, 2.24) is 0 Å². The average Bonchev–Trinajstić information content (AvgIpc) is 2.40. The first-order valence-electron chi connectivity index (χ1n) is 7.10. The van der Waals surface area contributed by atoms with Crippen molar-refractivity contribution in [3.05, 3.63) is 34.3 Å². The minimum absolute atomic E-state index is 0.210. The van der Waals surface area contributed by atoms with E-state index >= 15 is 0 Å². The van der Waals surface area contributed by atoms with Gasteiger partial charge < -0.3 is 5.73 Å². The summed E-state index contributed by atoms with van der Waals surface area (Å²) >= 11 is 3.52. The van der Waals surface area contributed by atoms with Crippen molar-refractivity contribution in [1.29, 1.82) is 0 Å². The van der Waals surface area contributed by atoms with Crippen LogP contribution in [0, 0.1) is 5.92 Å². The molecule has 1 aromatic rings. The molecule has 0 saturated heterocycles. The number of hydrogen-bond acceptors (Lipinski definition) is 1. The minimum Gasteiger partial charge on any atom is -0.327 e. The number of hydrogen-bond donors (Lipinski definition) is 1. The molecule has 0 aliphatic heterocycles. The maximum absolute atomic E-state index is 6.49. The Labute approximate surface area is 119 Å². The third kappa shape index (κ3) is 2.65. The molecular weight excluding hydrogens is 286 g/mol. The van der Waals surface area contributed by atoms with E-state index in [1.54, 1.807) is 0 Å². The summed E-state index contributed by atoms with van der Waals surface area (Å²) in [5, 5.41) is 0. The lowest BCUT2D eigenvalue weighted by atomic mass is 9.62. The molecule has 1 atom stereocenters. The van der Waals surface area contributed by atoms with Crippen molar-refractivity contribution < 1.29 is 0 Å².